The minimum Gasteiger partial charge on any atom is -0.361 e. The molecule has 0 unspecified atom stereocenters. The molecule has 94 valence electrons. The van der Waals surface area contributed by atoms with E-state index in [-0.39, 0.29) is 5.91 Å². The number of carbonyl (C=O) groups is 1. The molecule has 0 saturated carbocycles. The van der Waals surface area contributed by atoms with Gasteiger partial charge in [0.2, 0.25) is 0 Å². The second kappa shape index (κ2) is 5.46. The van der Waals surface area contributed by atoms with Gasteiger partial charge < -0.3 is 15.2 Å². The molecular formula is C13H15N3O2. The summed E-state index contributed by atoms with van der Waals surface area (Å²) < 4.78 is 4.86. The van der Waals surface area contributed by atoms with Gasteiger partial charge >= 0.3 is 0 Å². The molecule has 0 bridgehead atoms. The minimum atomic E-state index is -0.213. The highest BCUT2D eigenvalue weighted by atomic mass is 16.5. The van der Waals surface area contributed by atoms with Crippen molar-refractivity contribution in [1.29, 1.82) is 0 Å². The second-order valence-corrected chi connectivity index (χ2v) is 3.98. The van der Waals surface area contributed by atoms with E-state index in [2.05, 4.69) is 15.8 Å². The minimum absolute atomic E-state index is 0.213. The van der Waals surface area contributed by atoms with Gasteiger partial charge in [0.05, 0.1) is 6.20 Å². The molecule has 5 heteroatoms. The van der Waals surface area contributed by atoms with Crippen LogP contribution in [0.25, 0.3) is 0 Å². The Morgan fingerprint density at radius 2 is 2.28 bits per heavy atom. The Bertz CT molecular complexity index is 549. The first-order valence-electron chi connectivity index (χ1n) is 5.67. The Balaban J connectivity index is 2.12. The van der Waals surface area contributed by atoms with Crippen LogP contribution in [0.5, 0.6) is 0 Å². The van der Waals surface area contributed by atoms with E-state index in [0.29, 0.717) is 11.3 Å². The lowest BCUT2D eigenvalue weighted by Gasteiger charge is -2.06. The van der Waals surface area contributed by atoms with Gasteiger partial charge in [0.25, 0.3) is 5.91 Å². The first-order valence-corrected chi connectivity index (χ1v) is 5.67. The van der Waals surface area contributed by atoms with Gasteiger partial charge in [0.15, 0.2) is 0 Å². The molecule has 1 heterocycles. The van der Waals surface area contributed by atoms with Crippen LogP contribution in [-0.2, 0) is 6.54 Å². The number of anilines is 1. The SMILES string of the molecule is CNCc1cccc(NC(=O)c2cnoc2C)c1. The van der Waals surface area contributed by atoms with E-state index in [1.807, 2.05) is 31.3 Å². The summed E-state index contributed by atoms with van der Waals surface area (Å²) in [6.45, 7) is 2.47. The largest absolute Gasteiger partial charge is 0.361 e. The van der Waals surface area contributed by atoms with Crippen LogP contribution in [0, 0.1) is 6.92 Å². The maximum atomic E-state index is 11.9. The Morgan fingerprint density at radius 1 is 1.44 bits per heavy atom. The van der Waals surface area contributed by atoms with Gasteiger partial charge in [0, 0.05) is 12.2 Å². The monoisotopic (exact) mass is 245 g/mol. The van der Waals surface area contributed by atoms with Crippen LogP contribution in [0.1, 0.15) is 21.7 Å². The molecule has 0 spiro atoms. The summed E-state index contributed by atoms with van der Waals surface area (Å²) in [5.74, 6) is 0.300. The highest BCUT2D eigenvalue weighted by Crippen LogP contribution is 2.13. The van der Waals surface area contributed by atoms with Crippen molar-refractivity contribution in [2.24, 2.45) is 0 Å². The van der Waals surface area contributed by atoms with E-state index >= 15 is 0 Å². The number of hydrogen-bond acceptors (Lipinski definition) is 4. The van der Waals surface area contributed by atoms with Crippen molar-refractivity contribution in [3.8, 4) is 0 Å². The van der Waals surface area contributed by atoms with Crippen LogP contribution in [-0.4, -0.2) is 18.1 Å². The highest BCUT2D eigenvalue weighted by molar-refractivity contribution is 6.04. The summed E-state index contributed by atoms with van der Waals surface area (Å²) in [4.78, 5) is 11.9. The molecule has 0 radical (unpaired) electrons. The van der Waals surface area contributed by atoms with Crippen molar-refractivity contribution < 1.29 is 9.32 Å². The summed E-state index contributed by atoms with van der Waals surface area (Å²) >= 11 is 0. The van der Waals surface area contributed by atoms with Gasteiger partial charge in [0.1, 0.15) is 11.3 Å². The zero-order valence-corrected chi connectivity index (χ0v) is 10.4. The quantitative estimate of drug-likeness (QED) is 0.864. The van der Waals surface area contributed by atoms with E-state index in [9.17, 15) is 4.79 Å². The third-order valence-electron chi connectivity index (χ3n) is 2.56. The molecule has 5 nitrogen and oxygen atoms in total. The lowest BCUT2D eigenvalue weighted by atomic mass is 10.2. The highest BCUT2D eigenvalue weighted by Gasteiger charge is 2.12. The molecule has 0 aliphatic carbocycles. The average molecular weight is 245 g/mol. The third kappa shape index (κ3) is 2.75. The lowest BCUT2D eigenvalue weighted by molar-refractivity contribution is 0.102. The Labute approximate surface area is 105 Å². The average Bonchev–Trinajstić information content (AvgIpc) is 2.76. The van der Waals surface area contributed by atoms with Crippen LogP contribution in [0.15, 0.2) is 35.0 Å². The smallest absolute Gasteiger partial charge is 0.260 e. The molecule has 0 fully saturated rings. The van der Waals surface area contributed by atoms with Gasteiger partial charge in [-0.25, -0.2) is 0 Å². The molecule has 2 N–H and O–H groups in total. The number of rotatable bonds is 4. The van der Waals surface area contributed by atoms with Gasteiger partial charge in [-0.3, -0.25) is 4.79 Å². The number of amides is 1. The zero-order chi connectivity index (χ0) is 13.0. The molecule has 2 aromatic rings. The predicted octanol–water partition coefficient (Wildman–Crippen LogP) is 1.95. The van der Waals surface area contributed by atoms with Crippen LogP contribution in [0.3, 0.4) is 0 Å². The Hall–Kier alpha value is -2.14. The third-order valence-corrected chi connectivity index (χ3v) is 2.56. The molecule has 1 aromatic carbocycles. The fraction of sp³-hybridized carbons (Fsp3) is 0.231. The maximum absolute atomic E-state index is 11.9. The number of aryl methyl sites for hydroxylation is 1. The number of nitrogens with one attached hydrogen (secondary N) is 2. The lowest BCUT2D eigenvalue weighted by Crippen LogP contribution is -2.12. The number of benzene rings is 1. The van der Waals surface area contributed by atoms with Crippen LogP contribution >= 0.6 is 0 Å². The summed E-state index contributed by atoms with van der Waals surface area (Å²) in [7, 11) is 1.88. The summed E-state index contributed by atoms with van der Waals surface area (Å²) in [6.07, 6.45) is 1.42. The molecule has 2 rings (SSSR count). The number of aromatic nitrogens is 1. The fourth-order valence-corrected chi connectivity index (χ4v) is 1.68. The van der Waals surface area contributed by atoms with E-state index in [4.69, 9.17) is 4.52 Å². The second-order valence-electron chi connectivity index (χ2n) is 3.98. The summed E-state index contributed by atoms with van der Waals surface area (Å²) in [6, 6.07) is 7.68. The predicted molar refractivity (Wildman–Crippen MR) is 68.4 cm³/mol. The van der Waals surface area contributed by atoms with Crippen molar-refractivity contribution in [2.45, 2.75) is 13.5 Å². The standard InChI is InChI=1S/C13H15N3O2/c1-9-12(8-15-18-9)13(17)16-11-5-3-4-10(6-11)7-14-2/h3-6,8,14H,7H2,1-2H3,(H,16,17). The molecule has 1 amide bonds. The molecular weight excluding hydrogens is 230 g/mol. The normalized spacial score (nSPS) is 10.3. The first-order chi connectivity index (χ1) is 8.70. The molecule has 0 aliphatic rings. The van der Waals surface area contributed by atoms with Gasteiger partial charge in [-0.05, 0) is 31.7 Å². The van der Waals surface area contributed by atoms with Crippen LogP contribution < -0.4 is 10.6 Å². The molecule has 18 heavy (non-hydrogen) atoms. The van der Waals surface area contributed by atoms with Gasteiger partial charge in [-0.15, -0.1) is 0 Å². The van der Waals surface area contributed by atoms with E-state index < -0.39 is 0 Å². The van der Waals surface area contributed by atoms with Crippen molar-refractivity contribution in [3.63, 3.8) is 0 Å². The summed E-state index contributed by atoms with van der Waals surface area (Å²) in [5, 5.41) is 9.47. The number of nitrogens with zero attached hydrogens (tertiary/aromatic N) is 1. The van der Waals surface area contributed by atoms with E-state index in [1.54, 1.807) is 6.92 Å². The van der Waals surface area contributed by atoms with E-state index in [1.165, 1.54) is 6.20 Å². The fourth-order valence-electron chi connectivity index (χ4n) is 1.68. The zero-order valence-electron chi connectivity index (χ0n) is 10.4. The van der Waals surface area contributed by atoms with Crippen molar-refractivity contribution >= 4 is 11.6 Å². The Kier molecular flexibility index (Phi) is 3.74. The van der Waals surface area contributed by atoms with Crippen molar-refractivity contribution in [1.82, 2.24) is 10.5 Å². The molecule has 1 aromatic heterocycles. The first kappa shape index (κ1) is 12.3. The summed E-state index contributed by atoms with van der Waals surface area (Å²) in [5.41, 5.74) is 2.32. The topological polar surface area (TPSA) is 67.2 Å². The van der Waals surface area contributed by atoms with Crippen molar-refractivity contribution in [2.75, 3.05) is 12.4 Å². The number of carbonyl (C=O) groups excluding carboxylic acids is 1. The van der Waals surface area contributed by atoms with Gasteiger partial charge in [-0.2, -0.15) is 0 Å². The van der Waals surface area contributed by atoms with Crippen LogP contribution in [0.4, 0.5) is 5.69 Å². The Morgan fingerprint density at radius 3 is 2.94 bits per heavy atom. The van der Waals surface area contributed by atoms with Crippen LogP contribution in [0.2, 0.25) is 0 Å². The number of hydrogen-bond donors (Lipinski definition) is 2. The van der Waals surface area contributed by atoms with Crippen molar-refractivity contribution in [3.05, 3.63) is 47.3 Å². The molecule has 0 atom stereocenters. The van der Waals surface area contributed by atoms with E-state index in [0.717, 1.165) is 17.8 Å². The maximum Gasteiger partial charge on any atom is 0.260 e. The molecule has 0 saturated heterocycles. The molecule has 0 aliphatic heterocycles. The van der Waals surface area contributed by atoms with Gasteiger partial charge in [-0.1, -0.05) is 17.3 Å².